The number of halogens is 1. The summed E-state index contributed by atoms with van der Waals surface area (Å²) in [5.74, 6) is -0.418. The summed E-state index contributed by atoms with van der Waals surface area (Å²) in [7, 11) is 0. The zero-order valence-corrected chi connectivity index (χ0v) is 18.0. The molecule has 1 fully saturated rings. The summed E-state index contributed by atoms with van der Waals surface area (Å²) in [4.78, 5) is 18.6. The lowest BCUT2D eigenvalue weighted by Crippen LogP contribution is -2.41. The first-order valence-corrected chi connectivity index (χ1v) is 11.1. The second kappa shape index (κ2) is 10.1. The van der Waals surface area contributed by atoms with E-state index in [0.717, 1.165) is 61.3 Å². The molecule has 1 unspecified atom stereocenters. The van der Waals surface area contributed by atoms with Gasteiger partial charge in [-0.15, -0.1) is 0 Å². The number of aromatic nitrogens is 1. The van der Waals surface area contributed by atoms with Gasteiger partial charge in [0.05, 0.1) is 13.2 Å². The molecule has 4 rings (SSSR count). The maximum Gasteiger partial charge on any atom is 0.220 e. The van der Waals surface area contributed by atoms with Crippen molar-refractivity contribution in [2.75, 3.05) is 39.4 Å². The van der Waals surface area contributed by atoms with Crippen LogP contribution in [0.5, 0.6) is 0 Å². The van der Waals surface area contributed by atoms with Gasteiger partial charge in [0, 0.05) is 55.6 Å². The number of morpholine rings is 1. The van der Waals surface area contributed by atoms with Crippen molar-refractivity contribution in [2.45, 2.75) is 25.7 Å². The van der Waals surface area contributed by atoms with Crippen molar-refractivity contribution in [1.29, 1.82) is 0 Å². The SMILES string of the molecule is CCc1cccc2c(C(CC(=O)NCCN3CCOCC3)c3ccc(F)cc3)c[nH]c12. The number of carbonyl (C=O) groups is 1. The number of amides is 1. The number of aromatic amines is 1. The van der Waals surface area contributed by atoms with Gasteiger partial charge >= 0.3 is 0 Å². The third-order valence-electron chi connectivity index (χ3n) is 6.11. The lowest BCUT2D eigenvalue weighted by Gasteiger charge is -2.26. The van der Waals surface area contributed by atoms with E-state index >= 15 is 0 Å². The quantitative estimate of drug-likeness (QED) is 0.579. The molecular formula is C25H30FN3O2. The average molecular weight is 424 g/mol. The van der Waals surface area contributed by atoms with Gasteiger partial charge in [-0.05, 0) is 35.2 Å². The minimum Gasteiger partial charge on any atom is -0.379 e. The molecule has 1 aliphatic rings. The Bertz CT molecular complexity index is 1010. The molecule has 2 N–H and O–H groups in total. The Morgan fingerprint density at radius 2 is 1.97 bits per heavy atom. The molecule has 3 aromatic rings. The Labute approximate surface area is 182 Å². The topological polar surface area (TPSA) is 57.4 Å². The number of rotatable bonds is 8. The highest BCUT2D eigenvalue weighted by molar-refractivity contribution is 5.88. The first-order chi connectivity index (χ1) is 15.2. The molecule has 164 valence electrons. The van der Waals surface area contributed by atoms with Crippen LogP contribution in [0.3, 0.4) is 0 Å². The molecular weight excluding hydrogens is 393 g/mol. The maximum absolute atomic E-state index is 13.6. The molecule has 5 nitrogen and oxygen atoms in total. The minimum absolute atomic E-state index is 0.00332. The first-order valence-electron chi connectivity index (χ1n) is 11.1. The van der Waals surface area contributed by atoms with Gasteiger partial charge < -0.3 is 15.0 Å². The molecule has 0 aliphatic carbocycles. The molecule has 2 heterocycles. The van der Waals surface area contributed by atoms with E-state index in [2.05, 4.69) is 40.3 Å². The third-order valence-corrected chi connectivity index (χ3v) is 6.11. The fraction of sp³-hybridized carbons (Fsp3) is 0.400. The van der Waals surface area contributed by atoms with Gasteiger partial charge in [0.25, 0.3) is 0 Å². The number of H-pyrrole nitrogens is 1. The second-order valence-electron chi connectivity index (χ2n) is 8.05. The highest BCUT2D eigenvalue weighted by Gasteiger charge is 2.22. The molecule has 0 radical (unpaired) electrons. The van der Waals surface area contributed by atoms with E-state index < -0.39 is 0 Å². The van der Waals surface area contributed by atoms with E-state index in [1.165, 1.54) is 17.7 Å². The van der Waals surface area contributed by atoms with Crippen LogP contribution in [0.2, 0.25) is 0 Å². The molecule has 1 aliphatic heterocycles. The Morgan fingerprint density at radius 3 is 2.71 bits per heavy atom. The number of nitrogens with one attached hydrogen (secondary N) is 2. The van der Waals surface area contributed by atoms with Crippen molar-refractivity contribution in [1.82, 2.24) is 15.2 Å². The second-order valence-corrected chi connectivity index (χ2v) is 8.05. The summed E-state index contributed by atoms with van der Waals surface area (Å²) in [6.07, 6.45) is 3.25. The van der Waals surface area contributed by atoms with Crippen LogP contribution >= 0.6 is 0 Å². The highest BCUT2D eigenvalue weighted by atomic mass is 19.1. The molecule has 6 heteroatoms. The van der Waals surface area contributed by atoms with Crippen molar-refractivity contribution >= 4 is 16.8 Å². The monoisotopic (exact) mass is 423 g/mol. The number of hydrogen-bond acceptors (Lipinski definition) is 3. The van der Waals surface area contributed by atoms with Crippen LogP contribution < -0.4 is 5.32 Å². The molecule has 0 bridgehead atoms. The largest absolute Gasteiger partial charge is 0.379 e. The molecule has 0 spiro atoms. The highest BCUT2D eigenvalue weighted by Crippen LogP contribution is 2.34. The van der Waals surface area contributed by atoms with Crippen LogP contribution in [0.25, 0.3) is 10.9 Å². The summed E-state index contributed by atoms with van der Waals surface area (Å²) in [6.45, 7) is 6.88. The Kier molecular flexibility index (Phi) is 6.99. The van der Waals surface area contributed by atoms with Gasteiger partial charge in [-0.1, -0.05) is 37.3 Å². The van der Waals surface area contributed by atoms with Gasteiger partial charge in [-0.25, -0.2) is 4.39 Å². The fourth-order valence-electron chi connectivity index (χ4n) is 4.36. The van der Waals surface area contributed by atoms with E-state index in [-0.39, 0.29) is 17.6 Å². The van der Waals surface area contributed by atoms with Crippen molar-refractivity contribution in [3.8, 4) is 0 Å². The lowest BCUT2D eigenvalue weighted by atomic mass is 9.87. The molecule has 1 atom stereocenters. The van der Waals surface area contributed by atoms with Gasteiger partial charge in [0.2, 0.25) is 5.91 Å². The van der Waals surface area contributed by atoms with Gasteiger partial charge in [0.15, 0.2) is 0 Å². The molecule has 1 saturated heterocycles. The van der Waals surface area contributed by atoms with Crippen molar-refractivity contribution < 1.29 is 13.9 Å². The fourth-order valence-corrected chi connectivity index (χ4v) is 4.36. The Balaban J connectivity index is 1.52. The van der Waals surface area contributed by atoms with Crippen LogP contribution in [0.15, 0.2) is 48.7 Å². The zero-order valence-electron chi connectivity index (χ0n) is 18.0. The molecule has 1 amide bonds. The summed E-state index contributed by atoms with van der Waals surface area (Å²) in [6, 6.07) is 12.8. The maximum atomic E-state index is 13.6. The van der Waals surface area contributed by atoms with Gasteiger partial charge in [-0.3, -0.25) is 9.69 Å². The first kappa shape index (κ1) is 21.5. The number of aryl methyl sites for hydroxylation is 1. The van der Waals surface area contributed by atoms with Crippen molar-refractivity contribution in [3.05, 3.63) is 71.2 Å². The number of nitrogens with zero attached hydrogens (tertiary/aromatic N) is 1. The number of carbonyl (C=O) groups excluding carboxylic acids is 1. The molecule has 1 aromatic heterocycles. The molecule has 2 aromatic carbocycles. The summed E-state index contributed by atoms with van der Waals surface area (Å²) >= 11 is 0. The third kappa shape index (κ3) is 5.14. The van der Waals surface area contributed by atoms with Crippen LogP contribution in [-0.2, 0) is 16.0 Å². The van der Waals surface area contributed by atoms with E-state index in [1.807, 2.05) is 6.20 Å². The number of para-hydroxylation sites is 1. The van der Waals surface area contributed by atoms with Gasteiger partial charge in [-0.2, -0.15) is 0 Å². The summed E-state index contributed by atoms with van der Waals surface area (Å²) in [5.41, 5.74) is 4.36. The average Bonchev–Trinajstić information content (AvgIpc) is 3.23. The van der Waals surface area contributed by atoms with Gasteiger partial charge in [0.1, 0.15) is 5.82 Å². The van der Waals surface area contributed by atoms with Crippen LogP contribution in [0, 0.1) is 5.82 Å². The number of fused-ring (bicyclic) bond motifs is 1. The predicted molar refractivity (Wildman–Crippen MR) is 121 cm³/mol. The summed E-state index contributed by atoms with van der Waals surface area (Å²) < 4.78 is 18.9. The van der Waals surface area contributed by atoms with Crippen molar-refractivity contribution in [2.24, 2.45) is 0 Å². The van der Waals surface area contributed by atoms with E-state index in [4.69, 9.17) is 4.74 Å². The Morgan fingerprint density at radius 1 is 1.19 bits per heavy atom. The van der Waals surface area contributed by atoms with Crippen LogP contribution in [0.1, 0.15) is 36.0 Å². The zero-order chi connectivity index (χ0) is 21.6. The minimum atomic E-state index is -0.273. The normalized spacial score (nSPS) is 15.8. The number of benzene rings is 2. The van der Waals surface area contributed by atoms with E-state index in [0.29, 0.717) is 13.0 Å². The lowest BCUT2D eigenvalue weighted by molar-refractivity contribution is -0.121. The van der Waals surface area contributed by atoms with Crippen LogP contribution in [0.4, 0.5) is 4.39 Å². The predicted octanol–water partition coefficient (Wildman–Crippen LogP) is 3.84. The Hall–Kier alpha value is -2.70. The molecule has 31 heavy (non-hydrogen) atoms. The standard InChI is InChI=1S/C25H30FN3O2/c1-2-18-4-3-5-21-23(17-28-25(18)21)22(19-6-8-20(26)9-7-19)16-24(30)27-10-11-29-12-14-31-15-13-29/h3-9,17,22,28H,2,10-16H2,1H3,(H,27,30). The van der Waals surface area contributed by atoms with Crippen molar-refractivity contribution in [3.63, 3.8) is 0 Å². The van der Waals surface area contributed by atoms with E-state index in [1.54, 1.807) is 12.1 Å². The smallest absolute Gasteiger partial charge is 0.220 e. The van der Waals surface area contributed by atoms with Crippen LogP contribution in [-0.4, -0.2) is 55.2 Å². The number of ether oxygens (including phenoxy) is 1. The summed E-state index contributed by atoms with van der Waals surface area (Å²) in [5, 5.41) is 4.19. The number of hydrogen-bond donors (Lipinski definition) is 2. The van der Waals surface area contributed by atoms with E-state index in [9.17, 15) is 9.18 Å². The molecule has 0 saturated carbocycles.